The van der Waals surface area contributed by atoms with Gasteiger partial charge in [-0.1, -0.05) is 46.3 Å². The van der Waals surface area contributed by atoms with Crippen molar-refractivity contribution in [3.63, 3.8) is 0 Å². The summed E-state index contributed by atoms with van der Waals surface area (Å²) < 4.78 is 35.1. The van der Waals surface area contributed by atoms with Gasteiger partial charge in [0.25, 0.3) is 0 Å². The predicted octanol–water partition coefficient (Wildman–Crippen LogP) is 4.44. The molecule has 2 aromatic rings. The van der Waals surface area contributed by atoms with Crippen LogP contribution in [0.2, 0.25) is 0 Å². The van der Waals surface area contributed by atoms with Crippen LogP contribution in [0.1, 0.15) is 18.1 Å². The Bertz CT molecular complexity index is 674. The Morgan fingerprint density at radius 1 is 1.23 bits per heavy atom. The van der Waals surface area contributed by atoms with Gasteiger partial charge in [-0.3, -0.25) is 0 Å². The molecule has 0 bridgehead atoms. The van der Waals surface area contributed by atoms with E-state index in [0.29, 0.717) is 4.47 Å². The van der Waals surface area contributed by atoms with Gasteiger partial charge in [-0.15, -0.1) is 0 Å². The van der Waals surface area contributed by atoms with Gasteiger partial charge < -0.3 is 9.84 Å². The van der Waals surface area contributed by atoms with Crippen LogP contribution in [0.5, 0.6) is 5.75 Å². The van der Waals surface area contributed by atoms with Gasteiger partial charge >= 0.3 is 11.9 Å². The topological polar surface area (TPSA) is 46.5 Å². The highest BCUT2D eigenvalue weighted by atomic mass is 79.9. The number of carboxylic acid groups (broad SMARTS) is 1. The lowest BCUT2D eigenvalue weighted by atomic mass is 9.99. The highest BCUT2D eigenvalue weighted by molar-refractivity contribution is 9.10. The third-order valence-electron chi connectivity index (χ3n) is 3.07. The molecule has 2 rings (SSSR count). The Kier molecular flexibility index (Phi) is 4.81. The fraction of sp³-hybridized carbons (Fsp3) is 0.188. The van der Waals surface area contributed by atoms with Crippen molar-refractivity contribution in [1.82, 2.24) is 0 Å². The molecule has 2 aromatic carbocycles. The van der Waals surface area contributed by atoms with E-state index in [2.05, 4.69) is 15.9 Å². The monoisotopic (exact) mass is 370 g/mol. The largest absolute Gasteiger partial charge is 0.479 e. The summed E-state index contributed by atoms with van der Waals surface area (Å²) in [5.41, 5.74) is -0.581. The number of alkyl halides is 2. The second kappa shape index (κ2) is 6.44. The molecular formula is C16H13BrF2O3. The van der Waals surface area contributed by atoms with E-state index < -0.39 is 18.0 Å². The zero-order chi connectivity index (χ0) is 16.3. The quantitative estimate of drug-likeness (QED) is 0.845. The summed E-state index contributed by atoms with van der Waals surface area (Å²) in [4.78, 5) is 10.9. The molecule has 0 radical (unpaired) electrons. The maximum absolute atomic E-state index is 14.7. The molecule has 0 aliphatic carbocycles. The van der Waals surface area contributed by atoms with Gasteiger partial charge in [-0.2, -0.15) is 8.78 Å². The van der Waals surface area contributed by atoms with E-state index in [1.54, 1.807) is 6.07 Å². The second-order valence-corrected chi connectivity index (χ2v) is 5.59. The van der Waals surface area contributed by atoms with Gasteiger partial charge in [0.05, 0.1) is 5.56 Å². The number of halogens is 3. The molecule has 0 aliphatic rings. The smallest absolute Gasteiger partial charge is 0.344 e. The lowest BCUT2D eigenvalue weighted by Crippen LogP contribution is -2.25. The van der Waals surface area contributed by atoms with Gasteiger partial charge in [-0.05, 0) is 25.1 Å². The number of carbonyl (C=O) groups is 1. The second-order valence-electron chi connectivity index (χ2n) is 4.68. The van der Waals surface area contributed by atoms with Crippen molar-refractivity contribution in [3.05, 3.63) is 64.1 Å². The van der Waals surface area contributed by atoms with E-state index in [0.717, 1.165) is 0 Å². The van der Waals surface area contributed by atoms with Crippen molar-refractivity contribution >= 4 is 21.9 Å². The maximum atomic E-state index is 14.7. The molecule has 1 N–H and O–H groups in total. The predicted molar refractivity (Wildman–Crippen MR) is 81.3 cm³/mol. The van der Waals surface area contributed by atoms with Gasteiger partial charge in [0, 0.05) is 10.0 Å². The number of benzene rings is 2. The minimum Gasteiger partial charge on any atom is -0.479 e. The first-order valence-corrected chi connectivity index (χ1v) is 7.24. The molecule has 0 amide bonds. The third kappa shape index (κ3) is 3.44. The van der Waals surface area contributed by atoms with Crippen LogP contribution in [0, 0.1) is 0 Å². The SMILES string of the molecule is C[C@H](Oc1ccc(Br)cc1C(F)(F)c1ccccc1)C(=O)O. The average molecular weight is 371 g/mol. The van der Waals surface area contributed by atoms with E-state index in [4.69, 9.17) is 9.84 Å². The summed E-state index contributed by atoms with van der Waals surface area (Å²) in [6.45, 7) is 1.29. The first-order chi connectivity index (χ1) is 10.3. The fourth-order valence-corrected chi connectivity index (χ4v) is 2.26. The molecule has 22 heavy (non-hydrogen) atoms. The Morgan fingerprint density at radius 3 is 2.45 bits per heavy atom. The molecule has 0 heterocycles. The minimum absolute atomic E-state index is 0.160. The molecule has 0 unspecified atom stereocenters. The van der Waals surface area contributed by atoms with Crippen LogP contribution in [0.25, 0.3) is 0 Å². The molecule has 0 fully saturated rings. The molecule has 116 valence electrons. The summed E-state index contributed by atoms with van der Waals surface area (Å²) in [6, 6.07) is 11.4. The number of hydrogen-bond donors (Lipinski definition) is 1. The molecule has 0 spiro atoms. The lowest BCUT2D eigenvalue weighted by molar-refractivity contribution is -0.144. The molecule has 6 heteroatoms. The Morgan fingerprint density at radius 2 is 1.86 bits per heavy atom. The van der Waals surface area contributed by atoms with Crippen LogP contribution in [0.3, 0.4) is 0 Å². The normalized spacial score (nSPS) is 12.7. The highest BCUT2D eigenvalue weighted by Crippen LogP contribution is 2.42. The van der Waals surface area contributed by atoms with Crippen LogP contribution < -0.4 is 4.74 Å². The zero-order valence-corrected chi connectivity index (χ0v) is 13.2. The summed E-state index contributed by atoms with van der Waals surface area (Å²) in [5.74, 6) is -4.69. The number of carboxylic acids is 1. The highest BCUT2D eigenvalue weighted by Gasteiger charge is 2.37. The molecule has 0 aromatic heterocycles. The van der Waals surface area contributed by atoms with E-state index in [1.807, 2.05) is 0 Å². The van der Waals surface area contributed by atoms with E-state index in [9.17, 15) is 13.6 Å². The van der Waals surface area contributed by atoms with Crippen LogP contribution >= 0.6 is 15.9 Å². The Labute approximate surface area is 134 Å². The molecule has 0 saturated carbocycles. The van der Waals surface area contributed by atoms with Crippen molar-refractivity contribution in [1.29, 1.82) is 0 Å². The van der Waals surface area contributed by atoms with Crippen LogP contribution in [-0.4, -0.2) is 17.2 Å². The van der Waals surface area contributed by atoms with Crippen LogP contribution in [-0.2, 0) is 10.7 Å². The molecular weight excluding hydrogens is 358 g/mol. The first kappa shape index (κ1) is 16.4. The van der Waals surface area contributed by atoms with Gasteiger partial charge in [0.1, 0.15) is 5.75 Å². The number of hydrogen-bond acceptors (Lipinski definition) is 2. The van der Waals surface area contributed by atoms with Crippen LogP contribution in [0.4, 0.5) is 8.78 Å². The summed E-state index contributed by atoms with van der Waals surface area (Å²) in [7, 11) is 0. The van der Waals surface area contributed by atoms with Crippen molar-refractivity contribution < 1.29 is 23.4 Å². The lowest BCUT2D eigenvalue weighted by Gasteiger charge is -2.22. The van der Waals surface area contributed by atoms with Gasteiger partial charge in [-0.25, -0.2) is 4.79 Å². The minimum atomic E-state index is -3.31. The van der Waals surface area contributed by atoms with Gasteiger partial charge in [0.2, 0.25) is 0 Å². The van der Waals surface area contributed by atoms with Crippen molar-refractivity contribution in [2.24, 2.45) is 0 Å². The Balaban J connectivity index is 2.49. The molecule has 0 saturated heterocycles. The van der Waals surface area contributed by atoms with Crippen molar-refractivity contribution in [2.45, 2.75) is 19.0 Å². The van der Waals surface area contributed by atoms with E-state index in [-0.39, 0.29) is 16.9 Å². The van der Waals surface area contributed by atoms with Crippen molar-refractivity contribution in [2.75, 3.05) is 0 Å². The van der Waals surface area contributed by atoms with E-state index >= 15 is 0 Å². The average Bonchev–Trinajstić information content (AvgIpc) is 2.49. The molecule has 1 atom stereocenters. The van der Waals surface area contributed by atoms with E-state index in [1.165, 1.54) is 49.4 Å². The third-order valence-corrected chi connectivity index (χ3v) is 3.56. The number of ether oxygens (including phenoxy) is 1. The number of aliphatic carboxylic acids is 1. The summed E-state index contributed by atoms with van der Waals surface area (Å²) >= 11 is 3.15. The zero-order valence-electron chi connectivity index (χ0n) is 11.6. The molecule has 0 aliphatic heterocycles. The first-order valence-electron chi connectivity index (χ1n) is 6.45. The fourth-order valence-electron chi connectivity index (χ4n) is 1.89. The summed E-state index contributed by atoms with van der Waals surface area (Å²) in [5, 5.41) is 8.89. The van der Waals surface area contributed by atoms with Gasteiger partial charge in [0.15, 0.2) is 6.10 Å². The van der Waals surface area contributed by atoms with Crippen molar-refractivity contribution in [3.8, 4) is 5.75 Å². The maximum Gasteiger partial charge on any atom is 0.344 e. The van der Waals surface area contributed by atoms with Crippen LogP contribution in [0.15, 0.2) is 53.0 Å². The standard InChI is InChI=1S/C16H13BrF2O3/c1-10(15(20)21)22-14-8-7-12(17)9-13(14)16(18,19)11-5-3-2-4-6-11/h2-10H,1H3,(H,20,21)/t10-/m0/s1. The molecule has 3 nitrogen and oxygen atoms in total. The number of rotatable bonds is 5. The Hall–Kier alpha value is -1.95. The summed E-state index contributed by atoms with van der Waals surface area (Å²) in [6.07, 6.45) is -1.23.